The van der Waals surface area contributed by atoms with Crippen molar-refractivity contribution in [2.45, 2.75) is 52.2 Å². The fraction of sp³-hybridized carbons (Fsp3) is 0.550. The van der Waals surface area contributed by atoms with Gasteiger partial charge in [-0.05, 0) is 24.5 Å². The number of carbonyl (C=O) groups excluding carboxylic acids is 1. The van der Waals surface area contributed by atoms with Crippen LogP contribution in [0.5, 0.6) is 0 Å². The van der Waals surface area contributed by atoms with Crippen molar-refractivity contribution in [1.29, 1.82) is 0 Å². The Kier molecular flexibility index (Phi) is 6.04. The van der Waals surface area contributed by atoms with Crippen molar-refractivity contribution >= 4 is 5.91 Å². The van der Waals surface area contributed by atoms with Crippen molar-refractivity contribution < 1.29 is 9.53 Å². The van der Waals surface area contributed by atoms with E-state index < -0.39 is 0 Å². The molecule has 0 N–H and O–H groups in total. The van der Waals surface area contributed by atoms with E-state index in [9.17, 15) is 4.79 Å². The molecule has 26 heavy (non-hydrogen) atoms. The van der Waals surface area contributed by atoms with Crippen LogP contribution >= 0.6 is 0 Å². The van der Waals surface area contributed by atoms with Crippen molar-refractivity contribution in [2.75, 3.05) is 13.1 Å². The standard InChI is InChI=1S/C20H28N4O2/c1-4-5-8-16-11-23(12-19(26-16)15(2)3)20(25)17-9-6-7-10-18(17)24-13-21-22-14-24/h6-7,9-10,13-16,19H,4-5,8,11-12H2,1-3H3/t16-,19-/m1/s1. The summed E-state index contributed by atoms with van der Waals surface area (Å²) in [6.07, 6.45) is 6.68. The van der Waals surface area contributed by atoms with E-state index in [1.807, 2.05) is 29.2 Å². The number of hydrogen-bond acceptors (Lipinski definition) is 4. The zero-order valence-electron chi connectivity index (χ0n) is 15.8. The molecule has 2 atom stereocenters. The number of aromatic nitrogens is 3. The lowest BCUT2D eigenvalue weighted by Gasteiger charge is -2.40. The molecule has 1 fully saturated rings. The summed E-state index contributed by atoms with van der Waals surface area (Å²) in [7, 11) is 0. The highest BCUT2D eigenvalue weighted by Gasteiger charge is 2.33. The first kappa shape index (κ1) is 18.6. The Morgan fingerprint density at radius 3 is 2.65 bits per heavy atom. The highest BCUT2D eigenvalue weighted by atomic mass is 16.5. The number of unbranched alkanes of at least 4 members (excludes halogenated alkanes) is 1. The lowest BCUT2D eigenvalue weighted by atomic mass is 10.0. The molecule has 3 rings (SSSR count). The molecule has 1 aromatic heterocycles. The molecular formula is C20H28N4O2. The fourth-order valence-electron chi connectivity index (χ4n) is 3.37. The first-order valence-electron chi connectivity index (χ1n) is 9.49. The molecule has 1 aliphatic heterocycles. The van der Waals surface area contributed by atoms with E-state index in [0.717, 1.165) is 24.9 Å². The molecule has 1 aliphatic rings. The van der Waals surface area contributed by atoms with Crippen LogP contribution in [-0.2, 0) is 4.74 Å². The van der Waals surface area contributed by atoms with Crippen LogP contribution in [-0.4, -0.2) is 50.9 Å². The molecule has 6 nitrogen and oxygen atoms in total. The first-order chi connectivity index (χ1) is 12.6. The van der Waals surface area contributed by atoms with Crippen LogP contribution in [0, 0.1) is 5.92 Å². The van der Waals surface area contributed by atoms with Gasteiger partial charge in [0, 0.05) is 13.1 Å². The number of benzene rings is 1. The average molecular weight is 356 g/mol. The summed E-state index contributed by atoms with van der Waals surface area (Å²) in [6.45, 7) is 7.77. The number of hydrogen-bond donors (Lipinski definition) is 0. The maximum Gasteiger partial charge on any atom is 0.256 e. The van der Waals surface area contributed by atoms with Crippen molar-refractivity contribution in [2.24, 2.45) is 5.92 Å². The summed E-state index contributed by atoms with van der Waals surface area (Å²) in [5.74, 6) is 0.424. The Bertz CT molecular complexity index is 714. The quantitative estimate of drug-likeness (QED) is 0.797. The minimum atomic E-state index is 0.0461. The molecule has 6 heteroatoms. The molecule has 0 bridgehead atoms. The van der Waals surface area contributed by atoms with Crippen LogP contribution in [0.3, 0.4) is 0 Å². The topological polar surface area (TPSA) is 60.2 Å². The van der Waals surface area contributed by atoms with E-state index >= 15 is 0 Å². The van der Waals surface area contributed by atoms with E-state index in [4.69, 9.17) is 4.74 Å². The molecular weight excluding hydrogens is 328 g/mol. The Labute approximate surface area is 155 Å². The number of ether oxygens (including phenoxy) is 1. The lowest BCUT2D eigenvalue weighted by Crippen LogP contribution is -2.51. The van der Waals surface area contributed by atoms with Crippen molar-refractivity contribution in [1.82, 2.24) is 19.7 Å². The fourth-order valence-corrected chi connectivity index (χ4v) is 3.37. The third-order valence-corrected chi connectivity index (χ3v) is 4.93. The van der Waals surface area contributed by atoms with E-state index in [-0.39, 0.29) is 18.1 Å². The average Bonchev–Trinajstić information content (AvgIpc) is 3.20. The number of amides is 1. The minimum Gasteiger partial charge on any atom is -0.371 e. The van der Waals surface area contributed by atoms with Gasteiger partial charge in [-0.1, -0.05) is 45.7 Å². The molecule has 2 aromatic rings. The number of nitrogens with zero attached hydrogens (tertiary/aromatic N) is 4. The van der Waals surface area contributed by atoms with E-state index in [2.05, 4.69) is 31.0 Å². The van der Waals surface area contributed by atoms with Gasteiger partial charge in [0.15, 0.2) is 0 Å². The van der Waals surface area contributed by atoms with E-state index in [1.54, 1.807) is 17.2 Å². The van der Waals surface area contributed by atoms with E-state index in [1.165, 1.54) is 0 Å². The second kappa shape index (κ2) is 8.45. The van der Waals surface area contributed by atoms with Gasteiger partial charge < -0.3 is 9.64 Å². The number of para-hydroxylation sites is 1. The zero-order chi connectivity index (χ0) is 18.5. The monoisotopic (exact) mass is 356 g/mol. The summed E-state index contributed by atoms with van der Waals surface area (Å²) in [5.41, 5.74) is 1.48. The normalized spacial score (nSPS) is 20.5. The highest BCUT2D eigenvalue weighted by Crippen LogP contribution is 2.24. The summed E-state index contributed by atoms with van der Waals surface area (Å²) < 4.78 is 8.03. The molecule has 0 saturated carbocycles. The molecule has 0 aliphatic carbocycles. The summed E-state index contributed by atoms with van der Waals surface area (Å²) in [6, 6.07) is 7.62. The maximum atomic E-state index is 13.3. The first-order valence-corrected chi connectivity index (χ1v) is 9.49. The van der Waals surface area contributed by atoms with Crippen LogP contribution in [0.1, 0.15) is 50.4 Å². The van der Waals surface area contributed by atoms with Gasteiger partial charge in [-0.15, -0.1) is 10.2 Å². The predicted molar refractivity (Wildman–Crippen MR) is 100 cm³/mol. The van der Waals surface area contributed by atoms with Gasteiger partial charge in [0.25, 0.3) is 5.91 Å². The summed E-state index contributed by atoms with van der Waals surface area (Å²) in [5, 5.41) is 7.72. The van der Waals surface area contributed by atoms with Gasteiger partial charge in [-0.3, -0.25) is 9.36 Å². The Morgan fingerprint density at radius 1 is 1.23 bits per heavy atom. The van der Waals surface area contributed by atoms with Crippen molar-refractivity contribution in [3.8, 4) is 5.69 Å². The second-order valence-corrected chi connectivity index (χ2v) is 7.28. The molecule has 1 amide bonds. The second-order valence-electron chi connectivity index (χ2n) is 7.28. The van der Waals surface area contributed by atoms with Crippen molar-refractivity contribution in [3.05, 3.63) is 42.5 Å². The van der Waals surface area contributed by atoms with Crippen LogP contribution in [0.15, 0.2) is 36.9 Å². The van der Waals surface area contributed by atoms with Gasteiger partial charge in [0.1, 0.15) is 12.7 Å². The molecule has 140 valence electrons. The Balaban J connectivity index is 1.84. The van der Waals surface area contributed by atoms with Gasteiger partial charge >= 0.3 is 0 Å². The van der Waals surface area contributed by atoms with Crippen molar-refractivity contribution in [3.63, 3.8) is 0 Å². The third kappa shape index (κ3) is 4.12. The highest BCUT2D eigenvalue weighted by molar-refractivity contribution is 5.97. The molecule has 0 unspecified atom stereocenters. The predicted octanol–water partition coefficient (Wildman–Crippen LogP) is 3.32. The molecule has 2 heterocycles. The number of carbonyl (C=O) groups is 1. The van der Waals surface area contributed by atoms with Gasteiger partial charge in [-0.25, -0.2) is 0 Å². The molecule has 1 aromatic carbocycles. The van der Waals surface area contributed by atoms with Gasteiger partial charge in [-0.2, -0.15) is 0 Å². The Morgan fingerprint density at radius 2 is 1.96 bits per heavy atom. The van der Waals surface area contributed by atoms with Crippen LogP contribution < -0.4 is 0 Å². The Hall–Kier alpha value is -2.21. The summed E-state index contributed by atoms with van der Waals surface area (Å²) in [4.78, 5) is 15.3. The lowest BCUT2D eigenvalue weighted by molar-refractivity contribution is -0.0962. The van der Waals surface area contributed by atoms with E-state index in [0.29, 0.717) is 24.6 Å². The number of rotatable bonds is 6. The SMILES string of the molecule is CCCC[C@@H]1CN(C(=O)c2ccccc2-n2cnnc2)C[C@H](C(C)C)O1. The molecule has 1 saturated heterocycles. The summed E-state index contributed by atoms with van der Waals surface area (Å²) >= 11 is 0. The van der Waals surface area contributed by atoms with Crippen LogP contribution in [0.25, 0.3) is 5.69 Å². The molecule has 0 spiro atoms. The number of morpholine rings is 1. The zero-order valence-corrected chi connectivity index (χ0v) is 15.8. The molecule has 0 radical (unpaired) electrons. The smallest absolute Gasteiger partial charge is 0.256 e. The van der Waals surface area contributed by atoms with Gasteiger partial charge in [0.05, 0.1) is 23.5 Å². The maximum absolute atomic E-state index is 13.3. The largest absolute Gasteiger partial charge is 0.371 e. The minimum absolute atomic E-state index is 0.0461. The van der Waals surface area contributed by atoms with Crippen LogP contribution in [0.4, 0.5) is 0 Å². The third-order valence-electron chi connectivity index (χ3n) is 4.93. The van der Waals surface area contributed by atoms with Crippen LogP contribution in [0.2, 0.25) is 0 Å². The van der Waals surface area contributed by atoms with Gasteiger partial charge in [0.2, 0.25) is 0 Å².